The fourth-order valence-electron chi connectivity index (χ4n) is 2.90. The number of likely N-dealkylation sites (tertiary alicyclic amines) is 1. The average Bonchev–Trinajstić information content (AvgIpc) is 2.94. The van der Waals surface area contributed by atoms with Gasteiger partial charge in [-0.3, -0.25) is 4.90 Å². The summed E-state index contributed by atoms with van der Waals surface area (Å²) in [6.45, 7) is 3.66. The summed E-state index contributed by atoms with van der Waals surface area (Å²) in [6, 6.07) is 10.2. The number of rotatable bonds is 3. The Morgan fingerprint density at radius 3 is 3.10 bits per heavy atom. The molecular weight excluding hydrogens is 264 g/mol. The third kappa shape index (κ3) is 3.11. The van der Waals surface area contributed by atoms with Gasteiger partial charge in [-0.25, -0.2) is 0 Å². The highest BCUT2D eigenvalue weighted by molar-refractivity contribution is 5.32. The van der Waals surface area contributed by atoms with Gasteiger partial charge in [-0.15, -0.1) is 0 Å². The SMILES string of the molecule is Cc1nc(C2CCCCN2Cc2cccc(C#N)c2)no1. The zero-order valence-corrected chi connectivity index (χ0v) is 12.1. The van der Waals surface area contributed by atoms with Crippen molar-refractivity contribution in [3.63, 3.8) is 0 Å². The van der Waals surface area contributed by atoms with E-state index >= 15 is 0 Å². The average molecular weight is 282 g/mol. The third-order valence-electron chi connectivity index (χ3n) is 3.90. The molecule has 21 heavy (non-hydrogen) atoms. The molecule has 5 heteroatoms. The Labute approximate surface area is 124 Å². The molecule has 1 aromatic carbocycles. The van der Waals surface area contributed by atoms with Gasteiger partial charge in [-0.05, 0) is 37.1 Å². The van der Waals surface area contributed by atoms with Gasteiger partial charge in [0, 0.05) is 13.5 Å². The number of hydrogen-bond acceptors (Lipinski definition) is 5. The van der Waals surface area contributed by atoms with Crippen molar-refractivity contribution in [1.29, 1.82) is 5.26 Å². The van der Waals surface area contributed by atoms with Crippen molar-refractivity contribution in [2.24, 2.45) is 0 Å². The molecule has 0 radical (unpaired) electrons. The normalized spacial score (nSPS) is 19.3. The van der Waals surface area contributed by atoms with Gasteiger partial charge in [0.25, 0.3) is 0 Å². The number of hydrogen-bond donors (Lipinski definition) is 0. The molecule has 1 saturated heterocycles. The molecule has 0 N–H and O–H groups in total. The van der Waals surface area contributed by atoms with Gasteiger partial charge in [0.15, 0.2) is 5.82 Å². The number of benzene rings is 1. The van der Waals surface area contributed by atoms with Crippen LogP contribution >= 0.6 is 0 Å². The van der Waals surface area contributed by atoms with Crippen LogP contribution in [0.2, 0.25) is 0 Å². The van der Waals surface area contributed by atoms with E-state index in [4.69, 9.17) is 9.78 Å². The lowest BCUT2D eigenvalue weighted by Crippen LogP contribution is -2.33. The first kappa shape index (κ1) is 13.8. The second kappa shape index (κ2) is 6.06. The zero-order chi connectivity index (χ0) is 14.7. The maximum absolute atomic E-state index is 9.00. The van der Waals surface area contributed by atoms with E-state index in [1.54, 1.807) is 0 Å². The number of aromatic nitrogens is 2. The monoisotopic (exact) mass is 282 g/mol. The first-order valence-corrected chi connectivity index (χ1v) is 7.29. The molecule has 1 aliphatic heterocycles. The van der Waals surface area contributed by atoms with Crippen molar-refractivity contribution >= 4 is 0 Å². The molecule has 1 atom stereocenters. The van der Waals surface area contributed by atoms with E-state index in [-0.39, 0.29) is 6.04 Å². The van der Waals surface area contributed by atoms with Crippen molar-refractivity contribution in [3.8, 4) is 6.07 Å². The number of piperidine rings is 1. The predicted octanol–water partition coefficient (Wildman–Crippen LogP) is 2.98. The molecule has 0 bridgehead atoms. The van der Waals surface area contributed by atoms with E-state index in [9.17, 15) is 0 Å². The minimum atomic E-state index is 0.210. The minimum Gasteiger partial charge on any atom is -0.340 e. The van der Waals surface area contributed by atoms with E-state index in [1.165, 1.54) is 12.8 Å². The zero-order valence-electron chi connectivity index (χ0n) is 12.1. The lowest BCUT2D eigenvalue weighted by Gasteiger charge is -2.33. The first-order chi connectivity index (χ1) is 10.3. The Hall–Kier alpha value is -2.19. The van der Waals surface area contributed by atoms with Crippen LogP contribution in [0.25, 0.3) is 0 Å². The number of aryl methyl sites for hydroxylation is 1. The lowest BCUT2D eigenvalue weighted by molar-refractivity contribution is 0.131. The van der Waals surface area contributed by atoms with Crippen LogP contribution < -0.4 is 0 Å². The molecule has 0 amide bonds. The molecular formula is C16H18N4O. The smallest absolute Gasteiger partial charge is 0.223 e. The van der Waals surface area contributed by atoms with Gasteiger partial charge in [0.05, 0.1) is 17.7 Å². The van der Waals surface area contributed by atoms with Gasteiger partial charge >= 0.3 is 0 Å². The van der Waals surface area contributed by atoms with Crippen LogP contribution in [-0.2, 0) is 6.54 Å². The molecule has 0 aliphatic carbocycles. The molecule has 5 nitrogen and oxygen atoms in total. The van der Waals surface area contributed by atoms with Crippen LogP contribution in [0.3, 0.4) is 0 Å². The highest BCUT2D eigenvalue weighted by Crippen LogP contribution is 2.30. The summed E-state index contributed by atoms with van der Waals surface area (Å²) < 4.78 is 5.12. The molecule has 0 spiro atoms. The summed E-state index contributed by atoms with van der Waals surface area (Å²) >= 11 is 0. The second-order valence-electron chi connectivity index (χ2n) is 5.47. The standard InChI is InChI=1S/C16H18N4O/c1-12-18-16(19-21-12)15-7-2-3-8-20(15)11-14-6-4-5-13(9-14)10-17/h4-6,9,15H,2-3,7-8,11H2,1H3. The van der Waals surface area contributed by atoms with Crippen molar-refractivity contribution in [2.45, 2.75) is 38.8 Å². The Morgan fingerprint density at radius 2 is 2.33 bits per heavy atom. The molecule has 2 aromatic rings. The summed E-state index contributed by atoms with van der Waals surface area (Å²) in [5.74, 6) is 1.39. The van der Waals surface area contributed by atoms with Crippen LogP contribution in [0.15, 0.2) is 28.8 Å². The maximum atomic E-state index is 9.00. The van der Waals surface area contributed by atoms with E-state index in [0.717, 1.165) is 30.9 Å². The molecule has 1 unspecified atom stereocenters. The molecule has 1 fully saturated rings. The lowest BCUT2D eigenvalue weighted by atomic mass is 10.00. The highest BCUT2D eigenvalue weighted by atomic mass is 16.5. The summed E-state index contributed by atoms with van der Waals surface area (Å²) in [4.78, 5) is 6.77. The van der Waals surface area contributed by atoms with E-state index in [2.05, 4.69) is 27.2 Å². The van der Waals surface area contributed by atoms with Crippen LogP contribution in [0, 0.1) is 18.3 Å². The van der Waals surface area contributed by atoms with E-state index in [1.807, 2.05) is 25.1 Å². The minimum absolute atomic E-state index is 0.210. The Balaban J connectivity index is 1.79. The largest absolute Gasteiger partial charge is 0.340 e. The van der Waals surface area contributed by atoms with Crippen LogP contribution in [0.4, 0.5) is 0 Å². The quantitative estimate of drug-likeness (QED) is 0.865. The van der Waals surface area contributed by atoms with E-state index in [0.29, 0.717) is 11.5 Å². The maximum Gasteiger partial charge on any atom is 0.223 e. The van der Waals surface area contributed by atoms with Crippen LogP contribution in [-0.4, -0.2) is 21.6 Å². The summed E-state index contributed by atoms with van der Waals surface area (Å²) in [5.41, 5.74) is 1.86. The molecule has 1 aliphatic rings. The van der Waals surface area contributed by atoms with Crippen molar-refractivity contribution in [1.82, 2.24) is 15.0 Å². The Kier molecular flexibility index (Phi) is 3.98. The van der Waals surface area contributed by atoms with Crippen LogP contribution in [0.5, 0.6) is 0 Å². The summed E-state index contributed by atoms with van der Waals surface area (Å²) in [5, 5.41) is 13.1. The van der Waals surface area contributed by atoms with Gasteiger partial charge < -0.3 is 4.52 Å². The fraction of sp³-hybridized carbons (Fsp3) is 0.438. The first-order valence-electron chi connectivity index (χ1n) is 7.29. The molecule has 108 valence electrons. The molecule has 3 rings (SSSR count). The fourth-order valence-corrected chi connectivity index (χ4v) is 2.90. The van der Waals surface area contributed by atoms with Gasteiger partial charge in [0.1, 0.15) is 0 Å². The summed E-state index contributed by atoms with van der Waals surface area (Å²) in [6.07, 6.45) is 3.43. The van der Waals surface area contributed by atoms with Crippen molar-refractivity contribution < 1.29 is 4.52 Å². The van der Waals surface area contributed by atoms with Crippen molar-refractivity contribution in [2.75, 3.05) is 6.54 Å². The van der Waals surface area contributed by atoms with Crippen molar-refractivity contribution in [3.05, 3.63) is 47.1 Å². The van der Waals surface area contributed by atoms with Gasteiger partial charge in [-0.2, -0.15) is 10.2 Å². The van der Waals surface area contributed by atoms with Gasteiger partial charge in [-0.1, -0.05) is 23.7 Å². The van der Waals surface area contributed by atoms with Crippen LogP contribution in [0.1, 0.15) is 48.1 Å². The Bertz CT molecular complexity index is 658. The highest BCUT2D eigenvalue weighted by Gasteiger charge is 2.27. The Morgan fingerprint density at radius 1 is 1.43 bits per heavy atom. The molecule has 2 heterocycles. The summed E-state index contributed by atoms with van der Waals surface area (Å²) in [7, 11) is 0. The van der Waals surface area contributed by atoms with Gasteiger partial charge in [0.2, 0.25) is 5.89 Å². The second-order valence-corrected chi connectivity index (χ2v) is 5.47. The molecule has 0 saturated carbocycles. The number of nitriles is 1. The topological polar surface area (TPSA) is 66.0 Å². The number of nitrogens with zero attached hydrogens (tertiary/aromatic N) is 4. The third-order valence-corrected chi connectivity index (χ3v) is 3.90. The van der Waals surface area contributed by atoms with E-state index < -0.39 is 0 Å². The molecule has 1 aromatic heterocycles. The predicted molar refractivity (Wildman–Crippen MR) is 77.2 cm³/mol.